The van der Waals surface area contributed by atoms with Crippen LogP contribution in [0.4, 0.5) is 0 Å². The monoisotopic (exact) mass is 418 g/mol. The molecule has 0 aliphatic carbocycles. The molecule has 0 unspecified atom stereocenters. The highest BCUT2D eigenvalue weighted by molar-refractivity contribution is 7.16. The van der Waals surface area contributed by atoms with Gasteiger partial charge in [0.05, 0.1) is 23.7 Å². The summed E-state index contributed by atoms with van der Waals surface area (Å²) in [5.74, 6) is -0.622. The molecule has 1 heterocycles. The van der Waals surface area contributed by atoms with E-state index < -0.39 is 0 Å². The first-order valence-electron chi connectivity index (χ1n) is 9.68. The first-order valence-corrected chi connectivity index (χ1v) is 10.5. The molecule has 152 valence electrons. The number of carbonyl (C=O) groups is 2. The van der Waals surface area contributed by atoms with Crippen LogP contribution in [0, 0.1) is 13.8 Å². The highest BCUT2D eigenvalue weighted by Crippen LogP contribution is 2.24. The zero-order valence-electron chi connectivity index (χ0n) is 17.1. The molecule has 1 amide bonds. The van der Waals surface area contributed by atoms with Crippen LogP contribution in [0.5, 0.6) is 0 Å². The molecule has 0 bridgehead atoms. The minimum atomic E-state index is -0.378. The van der Waals surface area contributed by atoms with Crippen molar-refractivity contribution in [2.24, 2.45) is 4.99 Å². The van der Waals surface area contributed by atoms with Crippen LogP contribution in [0.15, 0.2) is 59.6 Å². The summed E-state index contributed by atoms with van der Waals surface area (Å²) < 4.78 is 7.64. The summed E-state index contributed by atoms with van der Waals surface area (Å²) in [5.41, 5.74) is 4.01. The number of aryl methyl sites for hydroxylation is 2. The second-order valence-corrected chi connectivity index (χ2v) is 8.28. The fraction of sp³-hybridized carbons (Fsp3) is 0.208. The molecule has 0 fully saturated rings. The Morgan fingerprint density at radius 3 is 2.63 bits per heavy atom. The number of thiazole rings is 1. The first-order chi connectivity index (χ1) is 14.5. The molecule has 5 nitrogen and oxygen atoms in total. The lowest BCUT2D eigenvalue weighted by Gasteiger charge is -2.06. The summed E-state index contributed by atoms with van der Waals surface area (Å²) in [7, 11) is 1.36. The molecular formula is C24H22N2O3S. The Morgan fingerprint density at radius 1 is 1.07 bits per heavy atom. The minimum Gasteiger partial charge on any atom is -0.468 e. The fourth-order valence-corrected chi connectivity index (χ4v) is 4.80. The van der Waals surface area contributed by atoms with E-state index in [4.69, 9.17) is 4.74 Å². The van der Waals surface area contributed by atoms with Crippen molar-refractivity contribution in [3.8, 4) is 0 Å². The average Bonchev–Trinajstić information content (AvgIpc) is 3.05. The maximum absolute atomic E-state index is 12.9. The Bertz CT molecular complexity index is 1340. The number of esters is 1. The Balaban J connectivity index is 1.79. The van der Waals surface area contributed by atoms with Gasteiger partial charge in [-0.05, 0) is 47.4 Å². The highest BCUT2D eigenvalue weighted by Gasteiger charge is 2.14. The predicted molar refractivity (Wildman–Crippen MR) is 120 cm³/mol. The first kappa shape index (κ1) is 20.0. The van der Waals surface area contributed by atoms with Crippen molar-refractivity contribution in [2.45, 2.75) is 26.8 Å². The van der Waals surface area contributed by atoms with Crippen LogP contribution in [-0.4, -0.2) is 23.6 Å². The zero-order chi connectivity index (χ0) is 21.3. The smallest absolute Gasteiger partial charge is 0.325 e. The van der Waals surface area contributed by atoms with Gasteiger partial charge in [0.1, 0.15) is 6.54 Å². The van der Waals surface area contributed by atoms with Gasteiger partial charge in [-0.3, -0.25) is 9.59 Å². The topological polar surface area (TPSA) is 60.7 Å². The summed E-state index contributed by atoms with van der Waals surface area (Å²) in [6.45, 7) is 4.05. The zero-order valence-corrected chi connectivity index (χ0v) is 18.0. The summed E-state index contributed by atoms with van der Waals surface area (Å²) >= 11 is 1.42. The van der Waals surface area contributed by atoms with Crippen molar-refractivity contribution >= 4 is 44.2 Å². The van der Waals surface area contributed by atoms with Crippen molar-refractivity contribution in [1.29, 1.82) is 0 Å². The molecule has 0 saturated heterocycles. The van der Waals surface area contributed by atoms with Crippen LogP contribution in [0.1, 0.15) is 16.7 Å². The van der Waals surface area contributed by atoms with E-state index in [0.29, 0.717) is 4.80 Å². The highest BCUT2D eigenvalue weighted by atomic mass is 32.1. The average molecular weight is 419 g/mol. The fourth-order valence-electron chi connectivity index (χ4n) is 3.70. The standard InChI is InChI=1S/C24H22N2O3S/c1-15-11-16(2)23-20(12-15)26(14-22(28)29-3)24(30-23)25-21(27)13-18-9-6-8-17-7-4-5-10-19(17)18/h4-12H,13-14H2,1-3H3. The Kier molecular flexibility index (Phi) is 5.50. The molecule has 4 aromatic rings. The molecule has 1 aromatic heterocycles. The number of carbonyl (C=O) groups excluding carboxylic acids is 2. The summed E-state index contributed by atoms with van der Waals surface area (Å²) in [6.07, 6.45) is 0.200. The lowest BCUT2D eigenvalue weighted by molar-refractivity contribution is -0.141. The molecule has 0 aliphatic rings. The molecule has 6 heteroatoms. The molecule has 0 atom stereocenters. The SMILES string of the molecule is COC(=O)Cn1c(=NC(=O)Cc2cccc3ccccc23)sc2c(C)cc(C)cc21. The van der Waals surface area contributed by atoms with Gasteiger partial charge in [0.2, 0.25) is 0 Å². The second-order valence-electron chi connectivity index (χ2n) is 7.30. The van der Waals surface area contributed by atoms with E-state index in [2.05, 4.69) is 11.1 Å². The van der Waals surface area contributed by atoms with Crippen molar-refractivity contribution in [3.63, 3.8) is 0 Å². The molecule has 0 radical (unpaired) electrons. The molecule has 0 spiro atoms. The molecule has 30 heavy (non-hydrogen) atoms. The number of amides is 1. The molecular weight excluding hydrogens is 396 g/mol. The van der Waals surface area contributed by atoms with E-state index >= 15 is 0 Å². The molecule has 3 aromatic carbocycles. The molecule has 0 aliphatic heterocycles. The second kappa shape index (κ2) is 8.24. The molecule has 0 N–H and O–H groups in total. The molecule has 0 saturated carbocycles. The van der Waals surface area contributed by atoms with E-state index in [0.717, 1.165) is 37.7 Å². The number of ether oxygens (including phenoxy) is 1. The Morgan fingerprint density at radius 2 is 1.83 bits per heavy atom. The van der Waals surface area contributed by atoms with Gasteiger partial charge < -0.3 is 9.30 Å². The third-order valence-electron chi connectivity index (χ3n) is 5.07. The van der Waals surface area contributed by atoms with Gasteiger partial charge in [0, 0.05) is 0 Å². The van der Waals surface area contributed by atoms with Gasteiger partial charge in [0.25, 0.3) is 5.91 Å². The van der Waals surface area contributed by atoms with Gasteiger partial charge in [-0.15, -0.1) is 0 Å². The van der Waals surface area contributed by atoms with Crippen LogP contribution >= 0.6 is 11.3 Å². The van der Waals surface area contributed by atoms with Gasteiger partial charge in [0.15, 0.2) is 4.80 Å². The predicted octanol–water partition coefficient (Wildman–Crippen LogP) is 4.32. The maximum atomic E-state index is 12.9. The van der Waals surface area contributed by atoms with E-state index in [1.807, 2.05) is 62.4 Å². The van der Waals surface area contributed by atoms with Gasteiger partial charge in [-0.25, -0.2) is 0 Å². The van der Waals surface area contributed by atoms with Crippen molar-refractivity contribution in [2.75, 3.05) is 7.11 Å². The van der Waals surface area contributed by atoms with E-state index in [-0.39, 0.29) is 24.8 Å². The number of nitrogens with zero attached hydrogens (tertiary/aromatic N) is 2. The van der Waals surface area contributed by atoms with E-state index in [9.17, 15) is 9.59 Å². The number of hydrogen-bond acceptors (Lipinski definition) is 4. The minimum absolute atomic E-state index is 0.0137. The van der Waals surface area contributed by atoms with Gasteiger partial charge in [-0.1, -0.05) is 59.9 Å². The van der Waals surface area contributed by atoms with Crippen molar-refractivity contribution < 1.29 is 14.3 Å². The van der Waals surface area contributed by atoms with Crippen LogP contribution in [0.25, 0.3) is 21.0 Å². The number of fused-ring (bicyclic) bond motifs is 2. The maximum Gasteiger partial charge on any atom is 0.325 e. The molecule has 4 rings (SSSR count). The normalized spacial score (nSPS) is 11.9. The number of rotatable bonds is 4. The number of aromatic nitrogens is 1. The van der Waals surface area contributed by atoms with E-state index in [1.165, 1.54) is 18.4 Å². The lowest BCUT2D eigenvalue weighted by atomic mass is 10.0. The number of hydrogen-bond donors (Lipinski definition) is 0. The number of methoxy groups -OCH3 is 1. The van der Waals surface area contributed by atoms with Gasteiger partial charge in [-0.2, -0.15) is 4.99 Å². The van der Waals surface area contributed by atoms with Gasteiger partial charge >= 0.3 is 5.97 Å². The summed E-state index contributed by atoms with van der Waals surface area (Å²) in [5, 5.41) is 2.14. The number of benzene rings is 3. The Labute approximate surface area is 178 Å². The third kappa shape index (κ3) is 3.91. The van der Waals surface area contributed by atoms with Crippen LogP contribution in [-0.2, 0) is 27.3 Å². The van der Waals surface area contributed by atoms with Crippen LogP contribution < -0.4 is 4.80 Å². The van der Waals surface area contributed by atoms with Crippen LogP contribution in [0.2, 0.25) is 0 Å². The quantitative estimate of drug-likeness (QED) is 0.464. The van der Waals surface area contributed by atoms with Crippen molar-refractivity contribution in [3.05, 3.63) is 76.1 Å². The Hall–Kier alpha value is -3.25. The summed E-state index contributed by atoms with van der Waals surface area (Å²) in [4.78, 5) is 29.8. The van der Waals surface area contributed by atoms with E-state index in [1.54, 1.807) is 4.57 Å². The third-order valence-corrected chi connectivity index (χ3v) is 6.30. The van der Waals surface area contributed by atoms with Crippen LogP contribution in [0.3, 0.4) is 0 Å². The largest absolute Gasteiger partial charge is 0.468 e. The van der Waals surface area contributed by atoms with Crippen molar-refractivity contribution in [1.82, 2.24) is 4.57 Å². The lowest BCUT2D eigenvalue weighted by Crippen LogP contribution is -2.22. The summed E-state index contributed by atoms with van der Waals surface area (Å²) in [6, 6.07) is 18.0.